The van der Waals surface area contributed by atoms with E-state index in [0.717, 1.165) is 12.0 Å². The minimum atomic E-state index is -0.479. The Kier molecular flexibility index (Phi) is 5.36. The summed E-state index contributed by atoms with van der Waals surface area (Å²) in [6.45, 7) is 5.97. The van der Waals surface area contributed by atoms with Crippen LogP contribution in [0.15, 0.2) is 24.3 Å². The molecule has 0 fully saturated rings. The number of carbonyl (C=O) groups excluding carboxylic acids is 2. The lowest BCUT2D eigenvalue weighted by Gasteiger charge is -2.09. The van der Waals surface area contributed by atoms with Gasteiger partial charge in [0.05, 0.1) is 0 Å². The molecular weight excluding hydrogens is 228 g/mol. The molecule has 0 heterocycles. The zero-order chi connectivity index (χ0) is 13.5. The SMILES string of the molecule is CC[C@H](C)CC(=O)NC(=O)Nc1ccc(C)cc1. The number of carbonyl (C=O) groups is 2. The summed E-state index contributed by atoms with van der Waals surface area (Å²) in [5.74, 6) is 0.0473. The van der Waals surface area contributed by atoms with E-state index in [1.807, 2.05) is 32.9 Å². The van der Waals surface area contributed by atoms with Crippen LogP contribution in [0.1, 0.15) is 32.3 Å². The third-order valence-corrected chi connectivity index (χ3v) is 2.79. The molecule has 2 N–H and O–H groups in total. The zero-order valence-corrected chi connectivity index (χ0v) is 11.1. The molecular formula is C14H20N2O2. The smallest absolute Gasteiger partial charge is 0.308 e. The van der Waals surface area contributed by atoms with Crippen LogP contribution in [0, 0.1) is 12.8 Å². The molecule has 98 valence electrons. The molecule has 1 aromatic carbocycles. The van der Waals surface area contributed by atoms with Gasteiger partial charge in [-0.3, -0.25) is 10.1 Å². The Morgan fingerprint density at radius 3 is 2.39 bits per heavy atom. The van der Waals surface area contributed by atoms with Gasteiger partial charge < -0.3 is 5.32 Å². The van der Waals surface area contributed by atoms with Crippen LogP contribution in [0.5, 0.6) is 0 Å². The Morgan fingerprint density at radius 2 is 1.83 bits per heavy atom. The van der Waals surface area contributed by atoms with Crippen LogP contribution in [-0.4, -0.2) is 11.9 Å². The summed E-state index contributed by atoms with van der Waals surface area (Å²) in [5, 5.41) is 4.94. The molecule has 4 heteroatoms. The average molecular weight is 248 g/mol. The third kappa shape index (κ3) is 4.99. The normalized spacial score (nSPS) is 11.7. The van der Waals surface area contributed by atoms with Crippen molar-refractivity contribution in [3.63, 3.8) is 0 Å². The number of urea groups is 1. The Balaban J connectivity index is 2.42. The minimum absolute atomic E-state index is 0.242. The number of anilines is 1. The van der Waals surface area contributed by atoms with Gasteiger partial charge >= 0.3 is 6.03 Å². The molecule has 1 atom stereocenters. The fourth-order valence-electron chi connectivity index (χ4n) is 1.44. The highest BCUT2D eigenvalue weighted by molar-refractivity contribution is 6.01. The third-order valence-electron chi connectivity index (χ3n) is 2.79. The topological polar surface area (TPSA) is 58.2 Å². The van der Waals surface area contributed by atoms with E-state index in [1.165, 1.54) is 0 Å². The van der Waals surface area contributed by atoms with Gasteiger partial charge in [-0.15, -0.1) is 0 Å². The standard InChI is InChI=1S/C14H20N2O2/c1-4-10(2)9-13(17)16-14(18)15-12-7-5-11(3)6-8-12/h5-8,10H,4,9H2,1-3H3,(H2,15,16,17,18)/t10-/m0/s1. The van der Waals surface area contributed by atoms with Crippen LogP contribution in [0.25, 0.3) is 0 Å². The molecule has 0 saturated carbocycles. The number of imide groups is 1. The maximum atomic E-state index is 11.5. The Labute approximate surface area is 108 Å². The molecule has 0 saturated heterocycles. The maximum absolute atomic E-state index is 11.5. The minimum Gasteiger partial charge on any atom is -0.308 e. The maximum Gasteiger partial charge on any atom is 0.325 e. The van der Waals surface area contributed by atoms with Gasteiger partial charge in [-0.2, -0.15) is 0 Å². The van der Waals surface area contributed by atoms with E-state index >= 15 is 0 Å². The fourth-order valence-corrected chi connectivity index (χ4v) is 1.44. The predicted molar refractivity (Wildman–Crippen MR) is 72.4 cm³/mol. The van der Waals surface area contributed by atoms with Crippen LogP contribution in [0.2, 0.25) is 0 Å². The summed E-state index contributed by atoms with van der Waals surface area (Å²) in [6, 6.07) is 6.92. The van der Waals surface area contributed by atoms with Gasteiger partial charge in [-0.25, -0.2) is 4.79 Å². The molecule has 0 radical (unpaired) electrons. The van der Waals surface area contributed by atoms with Gasteiger partial charge in [0, 0.05) is 12.1 Å². The van der Waals surface area contributed by atoms with Gasteiger partial charge in [-0.1, -0.05) is 38.0 Å². The van der Waals surface area contributed by atoms with Crippen molar-refractivity contribution >= 4 is 17.6 Å². The Bertz CT molecular complexity index is 412. The first-order valence-electron chi connectivity index (χ1n) is 6.18. The second kappa shape index (κ2) is 6.79. The highest BCUT2D eigenvalue weighted by Crippen LogP contribution is 2.09. The number of nitrogens with one attached hydrogen (secondary N) is 2. The van der Waals surface area contributed by atoms with Crippen molar-refractivity contribution in [2.24, 2.45) is 5.92 Å². The van der Waals surface area contributed by atoms with E-state index in [1.54, 1.807) is 12.1 Å². The van der Waals surface area contributed by atoms with Crippen molar-refractivity contribution in [3.8, 4) is 0 Å². The first kappa shape index (κ1) is 14.2. The summed E-state index contributed by atoms with van der Waals surface area (Å²) in [6.07, 6.45) is 1.30. The van der Waals surface area contributed by atoms with Crippen molar-refractivity contribution in [1.29, 1.82) is 0 Å². The quantitative estimate of drug-likeness (QED) is 0.860. The number of hydrogen-bond donors (Lipinski definition) is 2. The average Bonchev–Trinajstić information content (AvgIpc) is 2.31. The molecule has 1 rings (SSSR count). The highest BCUT2D eigenvalue weighted by atomic mass is 16.2. The van der Waals surface area contributed by atoms with Crippen LogP contribution >= 0.6 is 0 Å². The van der Waals surface area contributed by atoms with E-state index in [0.29, 0.717) is 12.1 Å². The summed E-state index contributed by atoms with van der Waals surface area (Å²) >= 11 is 0. The van der Waals surface area contributed by atoms with Gasteiger partial charge in [-0.05, 0) is 25.0 Å². The molecule has 4 nitrogen and oxygen atoms in total. The Hall–Kier alpha value is -1.84. The number of benzene rings is 1. The lowest BCUT2D eigenvalue weighted by Crippen LogP contribution is -2.35. The molecule has 18 heavy (non-hydrogen) atoms. The fraction of sp³-hybridized carbons (Fsp3) is 0.429. The molecule has 0 aromatic heterocycles. The van der Waals surface area contributed by atoms with Crippen molar-refractivity contribution < 1.29 is 9.59 Å². The lowest BCUT2D eigenvalue weighted by atomic mass is 10.1. The van der Waals surface area contributed by atoms with Crippen LogP contribution < -0.4 is 10.6 Å². The largest absolute Gasteiger partial charge is 0.325 e. The van der Waals surface area contributed by atoms with Crippen molar-refractivity contribution in [2.75, 3.05) is 5.32 Å². The number of amides is 3. The summed E-state index contributed by atoms with van der Waals surface area (Å²) in [4.78, 5) is 23.0. The number of aryl methyl sites for hydroxylation is 1. The molecule has 3 amide bonds. The van der Waals surface area contributed by atoms with Gasteiger partial charge in [0.2, 0.25) is 5.91 Å². The summed E-state index contributed by atoms with van der Waals surface area (Å²) in [5.41, 5.74) is 1.79. The highest BCUT2D eigenvalue weighted by Gasteiger charge is 2.10. The van der Waals surface area contributed by atoms with Gasteiger partial charge in [0.15, 0.2) is 0 Å². The molecule has 0 aliphatic heterocycles. The number of hydrogen-bond acceptors (Lipinski definition) is 2. The summed E-state index contributed by atoms with van der Waals surface area (Å²) in [7, 11) is 0. The second-order valence-corrected chi connectivity index (χ2v) is 4.59. The lowest BCUT2D eigenvalue weighted by molar-refractivity contribution is -0.120. The van der Waals surface area contributed by atoms with E-state index in [4.69, 9.17) is 0 Å². The van der Waals surface area contributed by atoms with Gasteiger partial charge in [0.1, 0.15) is 0 Å². The van der Waals surface area contributed by atoms with Crippen LogP contribution in [-0.2, 0) is 4.79 Å². The van der Waals surface area contributed by atoms with Crippen LogP contribution in [0.3, 0.4) is 0 Å². The molecule has 1 aromatic rings. The zero-order valence-electron chi connectivity index (χ0n) is 11.1. The van der Waals surface area contributed by atoms with E-state index in [-0.39, 0.29) is 11.8 Å². The molecule has 0 bridgehead atoms. The van der Waals surface area contributed by atoms with E-state index < -0.39 is 6.03 Å². The first-order valence-corrected chi connectivity index (χ1v) is 6.18. The van der Waals surface area contributed by atoms with Crippen LogP contribution in [0.4, 0.5) is 10.5 Å². The summed E-state index contributed by atoms with van der Waals surface area (Å²) < 4.78 is 0. The van der Waals surface area contributed by atoms with Crippen molar-refractivity contribution in [1.82, 2.24) is 5.32 Å². The molecule has 0 aliphatic carbocycles. The van der Waals surface area contributed by atoms with Gasteiger partial charge in [0.25, 0.3) is 0 Å². The van der Waals surface area contributed by atoms with Crippen molar-refractivity contribution in [2.45, 2.75) is 33.6 Å². The first-order chi connectivity index (χ1) is 8.51. The monoisotopic (exact) mass is 248 g/mol. The molecule has 0 unspecified atom stereocenters. The van der Waals surface area contributed by atoms with Crippen molar-refractivity contribution in [3.05, 3.63) is 29.8 Å². The Morgan fingerprint density at radius 1 is 1.22 bits per heavy atom. The molecule has 0 aliphatic rings. The second-order valence-electron chi connectivity index (χ2n) is 4.59. The molecule has 0 spiro atoms. The van der Waals surface area contributed by atoms with E-state index in [2.05, 4.69) is 10.6 Å². The predicted octanol–water partition coefficient (Wildman–Crippen LogP) is 3.08. The van der Waals surface area contributed by atoms with E-state index in [9.17, 15) is 9.59 Å². The number of rotatable bonds is 4.